The van der Waals surface area contributed by atoms with Gasteiger partial charge in [0.2, 0.25) is 11.8 Å². The number of hydrogen-bond donors (Lipinski definition) is 1. The Balaban J connectivity index is 1.24. The number of rotatable bonds is 8. The molecule has 1 aliphatic carbocycles. The highest BCUT2D eigenvalue weighted by atomic mass is 19.3. The van der Waals surface area contributed by atoms with E-state index >= 15 is 0 Å². The first-order chi connectivity index (χ1) is 17.7. The zero-order valence-electron chi connectivity index (χ0n) is 22.4. The predicted molar refractivity (Wildman–Crippen MR) is 139 cm³/mol. The standard InChI is InChI=1S/C29H41F2N5O/c1-19(2)27-34-33-20(3)36(27)25-17-23-9-10-24(18-25)35(23)16-13-26(21-7-5-4-6-8-21)32-28(37)22-11-14-29(30,31)15-12-22/h4-8,19,22-26H,9-18H2,1-3H3,(H,32,37)/t23-,24?,25?,26?/m0/s1. The lowest BCUT2D eigenvalue weighted by atomic mass is 9.86. The van der Waals surface area contributed by atoms with Crippen LogP contribution in [0, 0.1) is 12.8 Å². The van der Waals surface area contributed by atoms with Crippen LogP contribution in [0.15, 0.2) is 30.3 Å². The first-order valence-corrected chi connectivity index (χ1v) is 14.1. The minimum Gasteiger partial charge on any atom is -0.349 e. The van der Waals surface area contributed by atoms with E-state index in [4.69, 9.17) is 0 Å². The zero-order valence-corrected chi connectivity index (χ0v) is 22.4. The third-order valence-corrected chi connectivity index (χ3v) is 8.92. The maximum atomic E-state index is 13.6. The number of carbonyl (C=O) groups excluding carboxylic acids is 1. The number of fused-ring (bicyclic) bond motifs is 2. The Kier molecular flexibility index (Phi) is 7.66. The SMILES string of the molecule is Cc1nnc(C(C)C)n1C1CC2CC[C@@H](C1)N2CCC(NC(=O)C1CCC(F)(F)CC1)c1ccccc1. The van der Waals surface area contributed by atoms with Crippen LogP contribution in [0.2, 0.25) is 0 Å². The molecule has 2 saturated heterocycles. The van der Waals surface area contributed by atoms with Gasteiger partial charge in [0.15, 0.2) is 0 Å². The van der Waals surface area contributed by atoms with Gasteiger partial charge in [-0.1, -0.05) is 44.2 Å². The quantitative estimate of drug-likeness (QED) is 0.474. The van der Waals surface area contributed by atoms with Crippen molar-refractivity contribution in [3.8, 4) is 0 Å². The highest BCUT2D eigenvalue weighted by molar-refractivity contribution is 5.79. The summed E-state index contributed by atoms with van der Waals surface area (Å²) in [6, 6.07) is 11.5. The van der Waals surface area contributed by atoms with Gasteiger partial charge in [-0.15, -0.1) is 10.2 Å². The topological polar surface area (TPSA) is 63.1 Å². The Labute approximate surface area is 219 Å². The van der Waals surface area contributed by atoms with Crippen molar-refractivity contribution in [2.24, 2.45) is 5.92 Å². The van der Waals surface area contributed by atoms with E-state index in [1.807, 2.05) is 18.2 Å². The van der Waals surface area contributed by atoms with E-state index in [1.54, 1.807) is 0 Å². The number of nitrogens with zero attached hydrogens (tertiary/aromatic N) is 4. The number of aryl methyl sites for hydroxylation is 1. The van der Waals surface area contributed by atoms with Crippen molar-refractivity contribution >= 4 is 5.91 Å². The molecule has 0 spiro atoms. The van der Waals surface area contributed by atoms with Crippen LogP contribution in [0.5, 0.6) is 0 Å². The molecule has 5 rings (SSSR count). The molecule has 4 atom stereocenters. The average Bonchev–Trinajstić information content (AvgIpc) is 3.37. The summed E-state index contributed by atoms with van der Waals surface area (Å²) in [5, 5.41) is 12.1. The molecule has 2 aromatic rings. The van der Waals surface area contributed by atoms with Crippen LogP contribution in [0.3, 0.4) is 0 Å². The second-order valence-corrected chi connectivity index (χ2v) is 11.8. The van der Waals surface area contributed by atoms with Crippen molar-refractivity contribution in [2.45, 2.75) is 115 Å². The molecule has 37 heavy (non-hydrogen) atoms. The van der Waals surface area contributed by atoms with Gasteiger partial charge >= 0.3 is 0 Å². The third-order valence-electron chi connectivity index (χ3n) is 8.92. The molecule has 2 bridgehead atoms. The fraction of sp³-hybridized carbons (Fsp3) is 0.690. The van der Waals surface area contributed by atoms with E-state index in [2.05, 4.69) is 57.9 Å². The normalized spacial score (nSPS) is 26.9. The molecule has 1 aromatic carbocycles. The van der Waals surface area contributed by atoms with E-state index in [9.17, 15) is 13.6 Å². The number of benzene rings is 1. The first-order valence-electron chi connectivity index (χ1n) is 14.1. The Morgan fingerprint density at radius 2 is 1.68 bits per heavy atom. The zero-order chi connectivity index (χ0) is 26.2. The molecule has 3 fully saturated rings. The third kappa shape index (κ3) is 5.74. The van der Waals surface area contributed by atoms with Crippen LogP contribution < -0.4 is 5.32 Å². The number of hydrogen-bond acceptors (Lipinski definition) is 4. The summed E-state index contributed by atoms with van der Waals surface area (Å²) < 4.78 is 29.6. The van der Waals surface area contributed by atoms with Crippen LogP contribution in [0.1, 0.15) is 107 Å². The second kappa shape index (κ2) is 10.8. The average molecular weight is 514 g/mol. The predicted octanol–water partition coefficient (Wildman–Crippen LogP) is 5.95. The number of halogens is 2. The van der Waals surface area contributed by atoms with E-state index < -0.39 is 5.92 Å². The van der Waals surface area contributed by atoms with E-state index in [1.165, 1.54) is 12.8 Å². The number of aromatic nitrogens is 3. The smallest absolute Gasteiger partial charge is 0.248 e. The van der Waals surface area contributed by atoms with Gasteiger partial charge in [-0.25, -0.2) is 8.78 Å². The van der Waals surface area contributed by atoms with E-state index in [0.717, 1.165) is 43.0 Å². The fourth-order valence-corrected chi connectivity index (χ4v) is 6.93. The molecule has 1 amide bonds. The number of nitrogens with one attached hydrogen (secondary N) is 1. The van der Waals surface area contributed by atoms with Crippen molar-refractivity contribution in [2.75, 3.05) is 6.54 Å². The summed E-state index contributed by atoms with van der Waals surface area (Å²) in [4.78, 5) is 15.8. The molecule has 8 heteroatoms. The van der Waals surface area contributed by atoms with Gasteiger partial charge in [0, 0.05) is 49.3 Å². The number of carbonyl (C=O) groups is 1. The summed E-state index contributed by atoms with van der Waals surface area (Å²) >= 11 is 0. The summed E-state index contributed by atoms with van der Waals surface area (Å²) in [5.74, 6) is -0.572. The molecule has 6 nitrogen and oxygen atoms in total. The van der Waals surface area contributed by atoms with Crippen LogP contribution in [0.4, 0.5) is 8.78 Å². The maximum absolute atomic E-state index is 13.6. The Hall–Kier alpha value is -2.35. The number of amides is 1. The summed E-state index contributed by atoms with van der Waals surface area (Å²) in [6.45, 7) is 7.34. The maximum Gasteiger partial charge on any atom is 0.248 e. The lowest BCUT2D eigenvalue weighted by Gasteiger charge is -2.40. The molecular formula is C29H41F2N5O. The van der Waals surface area contributed by atoms with Crippen LogP contribution in [0.25, 0.3) is 0 Å². The van der Waals surface area contributed by atoms with Gasteiger partial charge in [-0.3, -0.25) is 9.69 Å². The molecule has 3 aliphatic rings. The minimum atomic E-state index is -2.62. The van der Waals surface area contributed by atoms with Crippen molar-refractivity contribution in [1.82, 2.24) is 25.0 Å². The Morgan fingerprint density at radius 3 is 2.30 bits per heavy atom. The molecular weight excluding hydrogens is 472 g/mol. The van der Waals surface area contributed by atoms with E-state index in [-0.39, 0.29) is 43.6 Å². The molecule has 3 unspecified atom stereocenters. The molecule has 1 saturated carbocycles. The Bertz CT molecular complexity index is 1050. The highest BCUT2D eigenvalue weighted by Crippen LogP contribution is 2.42. The fourth-order valence-electron chi connectivity index (χ4n) is 6.93. The number of piperidine rings is 1. The second-order valence-electron chi connectivity index (χ2n) is 11.8. The first kappa shape index (κ1) is 26.3. The lowest BCUT2D eigenvalue weighted by molar-refractivity contribution is -0.130. The Morgan fingerprint density at radius 1 is 1.03 bits per heavy atom. The largest absolute Gasteiger partial charge is 0.349 e. The van der Waals surface area contributed by atoms with Crippen LogP contribution in [-0.2, 0) is 4.79 Å². The molecule has 1 N–H and O–H groups in total. The van der Waals surface area contributed by atoms with Gasteiger partial charge in [0.25, 0.3) is 0 Å². The summed E-state index contributed by atoms with van der Waals surface area (Å²) in [7, 11) is 0. The van der Waals surface area contributed by atoms with Gasteiger partial charge < -0.3 is 9.88 Å². The van der Waals surface area contributed by atoms with Crippen LogP contribution in [-0.4, -0.2) is 50.1 Å². The van der Waals surface area contributed by atoms with Crippen molar-refractivity contribution in [3.05, 3.63) is 47.5 Å². The van der Waals surface area contributed by atoms with Crippen molar-refractivity contribution < 1.29 is 13.6 Å². The minimum absolute atomic E-state index is 0.0738. The molecule has 3 heterocycles. The van der Waals surface area contributed by atoms with Gasteiger partial charge in [-0.05, 0) is 57.4 Å². The van der Waals surface area contributed by atoms with Crippen molar-refractivity contribution in [1.29, 1.82) is 0 Å². The monoisotopic (exact) mass is 513 g/mol. The lowest BCUT2D eigenvalue weighted by Crippen LogP contribution is -2.45. The summed E-state index contributed by atoms with van der Waals surface area (Å²) in [5.41, 5.74) is 1.08. The molecule has 0 radical (unpaired) electrons. The van der Waals surface area contributed by atoms with E-state index in [0.29, 0.717) is 24.0 Å². The van der Waals surface area contributed by atoms with Gasteiger partial charge in [-0.2, -0.15) is 0 Å². The van der Waals surface area contributed by atoms with Crippen molar-refractivity contribution in [3.63, 3.8) is 0 Å². The molecule has 202 valence electrons. The highest BCUT2D eigenvalue weighted by Gasteiger charge is 2.42. The van der Waals surface area contributed by atoms with Gasteiger partial charge in [0.05, 0.1) is 6.04 Å². The molecule has 1 aromatic heterocycles. The summed E-state index contributed by atoms with van der Waals surface area (Å²) in [6.07, 6.45) is 5.59. The molecule has 2 aliphatic heterocycles. The number of alkyl halides is 2. The van der Waals surface area contributed by atoms with Crippen LogP contribution >= 0.6 is 0 Å². The van der Waals surface area contributed by atoms with Gasteiger partial charge in [0.1, 0.15) is 11.6 Å².